The van der Waals surface area contributed by atoms with Crippen molar-refractivity contribution in [3.05, 3.63) is 5.01 Å². The van der Waals surface area contributed by atoms with Gasteiger partial charge in [-0.1, -0.05) is 25.2 Å². The van der Waals surface area contributed by atoms with Crippen molar-refractivity contribution in [2.24, 2.45) is 5.84 Å². The van der Waals surface area contributed by atoms with Crippen LogP contribution in [0.2, 0.25) is 0 Å². The molecule has 0 aliphatic carbocycles. The van der Waals surface area contributed by atoms with Crippen LogP contribution < -0.4 is 11.3 Å². The number of nitrogens with zero attached hydrogens (tertiary/aromatic N) is 2. The second kappa shape index (κ2) is 2.94. The molecule has 0 spiro atoms. The van der Waals surface area contributed by atoms with E-state index >= 15 is 0 Å². The van der Waals surface area contributed by atoms with Crippen molar-refractivity contribution in [1.82, 2.24) is 10.2 Å². The van der Waals surface area contributed by atoms with E-state index in [1.807, 2.05) is 0 Å². The number of nitrogen functional groups attached to an aromatic ring is 1. The predicted molar refractivity (Wildman–Crippen MR) is 41.8 cm³/mol. The number of nitrogens with one attached hydrogen (secondary N) is 1. The van der Waals surface area contributed by atoms with Crippen LogP contribution in [0.3, 0.4) is 0 Å². The zero-order chi connectivity index (χ0) is 7.56. The SMILES string of the molecule is CC(C)c1nnc(NN)s1. The first-order valence-electron chi connectivity index (χ1n) is 3.04. The van der Waals surface area contributed by atoms with Gasteiger partial charge in [-0.15, -0.1) is 10.2 Å². The Hall–Kier alpha value is -0.680. The van der Waals surface area contributed by atoms with Gasteiger partial charge < -0.3 is 0 Å². The van der Waals surface area contributed by atoms with E-state index in [1.54, 1.807) is 0 Å². The first-order chi connectivity index (χ1) is 4.74. The number of hydrazine groups is 1. The van der Waals surface area contributed by atoms with Gasteiger partial charge >= 0.3 is 0 Å². The highest BCUT2D eigenvalue weighted by Crippen LogP contribution is 2.21. The molecule has 0 aliphatic rings. The lowest BCUT2D eigenvalue weighted by Crippen LogP contribution is -2.05. The monoisotopic (exact) mass is 158 g/mol. The number of hydrogen-bond donors (Lipinski definition) is 2. The molecule has 1 rings (SSSR count). The Morgan fingerprint density at radius 1 is 1.50 bits per heavy atom. The van der Waals surface area contributed by atoms with Crippen molar-refractivity contribution >= 4 is 16.5 Å². The first-order valence-corrected chi connectivity index (χ1v) is 3.85. The van der Waals surface area contributed by atoms with Crippen LogP contribution >= 0.6 is 11.3 Å². The molecule has 4 nitrogen and oxygen atoms in total. The van der Waals surface area contributed by atoms with Crippen LogP contribution in [0.15, 0.2) is 0 Å². The van der Waals surface area contributed by atoms with Crippen LogP contribution in [-0.2, 0) is 0 Å². The molecule has 0 amide bonds. The normalized spacial score (nSPS) is 10.4. The van der Waals surface area contributed by atoms with Crippen molar-refractivity contribution in [2.75, 3.05) is 5.43 Å². The van der Waals surface area contributed by atoms with E-state index in [9.17, 15) is 0 Å². The van der Waals surface area contributed by atoms with E-state index < -0.39 is 0 Å². The Labute approximate surface area is 63.4 Å². The Bertz CT molecular complexity index is 207. The molecule has 0 aromatic carbocycles. The van der Waals surface area contributed by atoms with Crippen molar-refractivity contribution < 1.29 is 0 Å². The molecule has 0 saturated carbocycles. The van der Waals surface area contributed by atoms with Crippen molar-refractivity contribution in [1.29, 1.82) is 0 Å². The topological polar surface area (TPSA) is 63.8 Å². The summed E-state index contributed by atoms with van der Waals surface area (Å²) in [5, 5.41) is 9.38. The molecule has 5 heteroatoms. The van der Waals surface area contributed by atoms with Gasteiger partial charge in [-0.25, -0.2) is 5.84 Å². The largest absolute Gasteiger partial charge is 0.298 e. The third-order valence-corrected chi connectivity index (χ3v) is 2.21. The third kappa shape index (κ3) is 1.43. The molecule has 56 valence electrons. The fourth-order valence-electron chi connectivity index (χ4n) is 0.526. The number of anilines is 1. The average molecular weight is 158 g/mol. The van der Waals surface area contributed by atoms with Gasteiger partial charge in [0.15, 0.2) is 0 Å². The van der Waals surface area contributed by atoms with E-state index in [0.29, 0.717) is 11.0 Å². The third-order valence-electron chi connectivity index (χ3n) is 1.06. The zero-order valence-electron chi connectivity index (χ0n) is 5.96. The fourth-order valence-corrected chi connectivity index (χ4v) is 1.18. The number of aromatic nitrogens is 2. The number of hydrogen-bond acceptors (Lipinski definition) is 5. The van der Waals surface area contributed by atoms with Crippen LogP contribution in [0.5, 0.6) is 0 Å². The Balaban J connectivity index is 2.78. The van der Waals surface area contributed by atoms with Crippen molar-refractivity contribution in [2.45, 2.75) is 19.8 Å². The van der Waals surface area contributed by atoms with Gasteiger partial charge in [0.25, 0.3) is 0 Å². The van der Waals surface area contributed by atoms with Crippen molar-refractivity contribution in [3.8, 4) is 0 Å². The number of rotatable bonds is 2. The highest BCUT2D eigenvalue weighted by atomic mass is 32.1. The van der Waals surface area contributed by atoms with Crippen LogP contribution in [0.1, 0.15) is 24.8 Å². The Kier molecular flexibility index (Phi) is 2.18. The maximum absolute atomic E-state index is 5.12. The van der Waals surface area contributed by atoms with Gasteiger partial charge in [-0.3, -0.25) is 5.43 Å². The Morgan fingerprint density at radius 2 is 2.20 bits per heavy atom. The summed E-state index contributed by atoms with van der Waals surface area (Å²) in [5.41, 5.74) is 2.45. The van der Waals surface area contributed by atoms with Gasteiger partial charge in [0, 0.05) is 5.92 Å². The van der Waals surface area contributed by atoms with E-state index in [4.69, 9.17) is 5.84 Å². The molecule has 1 heterocycles. The predicted octanol–water partition coefficient (Wildman–Crippen LogP) is 0.947. The summed E-state index contributed by atoms with van der Waals surface area (Å²) in [6, 6.07) is 0. The highest BCUT2D eigenvalue weighted by molar-refractivity contribution is 7.15. The van der Waals surface area contributed by atoms with E-state index in [-0.39, 0.29) is 0 Å². The smallest absolute Gasteiger partial charge is 0.219 e. The van der Waals surface area contributed by atoms with Crippen LogP contribution in [0.25, 0.3) is 0 Å². The fraction of sp³-hybridized carbons (Fsp3) is 0.600. The first kappa shape index (κ1) is 7.43. The summed E-state index contributed by atoms with van der Waals surface area (Å²) in [7, 11) is 0. The lowest BCUT2D eigenvalue weighted by Gasteiger charge is -1.93. The van der Waals surface area contributed by atoms with E-state index in [0.717, 1.165) is 5.01 Å². The minimum absolute atomic E-state index is 0.430. The van der Waals surface area contributed by atoms with E-state index in [1.165, 1.54) is 11.3 Å². The van der Waals surface area contributed by atoms with Gasteiger partial charge in [0.05, 0.1) is 0 Å². The average Bonchev–Trinajstić information content (AvgIpc) is 2.34. The summed E-state index contributed by atoms with van der Waals surface area (Å²) < 4.78 is 0. The van der Waals surface area contributed by atoms with Gasteiger partial charge in [-0.2, -0.15) is 0 Å². The summed E-state index contributed by atoms with van der Waals surface area (Å²) in [6.07, 6.45) is 0. The lowest BCUT2D eigenvalue weighted by molar-refractivity contribution is 0.825. The molecule has 0 aliphatic heterocycles. The highest BCUT2D eigenvalue weighted by Gasteiger charge is 2.05. The molecular weight excluding hydrogens is 148 g/mol. The summed E-state index contributed by atoms with van der Waals surface area (Å²) >= 11 is 1.48. The van der Waals surface area contributed by atoms with Gasteiger partial charge in [0.1, 0.15) is 5.01 Å². The molecule has 0 bridgehead atoms. The molecule has 0 saturated heterocycles. The van der Waals surface area contributed by atoms with Crippen LogP contribution in [-0.4, -0.2) is 10.2 Å². The molecule has 0 atom stereocenters. The molecule has 1 aromatic rings. The molecule has 10 heavy (non-hydrogen) atoms. The minimum atomic E-state index is 0.430. The van der Waals surface area contributed by atoms with Crippen molar-refractivity contribution in [3.63, 3.8) is 0 Å². The molecular formula is C5H10N4S. The summed E-state index contributed by atoms with van der Waals surface area (Å²) in [4.78, 5) is 0. The van der Waals surface area contributed by atoms with Crippen LogP contribution in [0.4, 0.5) is 5.13 Å². The molecule has 3 N–H and O–H groups in total. The van der Waals surface area contributed by atoms with Gasteiger partial charge in [0.2, 0.25) is 5.13 Å². The maximum Gasteiger partial charge on any atom is 0.219 e. The minimum Gasteiger partial charge on any atom is -0.298 e. The Morgan fingerprint density at radius 3 is 2.50 bits per heavy atom. The molecule has 0 fully saturated rings. The lowest BCUT2D eigenvalue weighted by atomic mass is 10.2. The second-order valence-electron chi connectivity index (χ2n) is 2.24. The number of nitrogens with two attached hydrogens (primary N) is 1. The summed E-state index contributed by atoms with van der Waals surface area (Å²) in [5.74, 6) is 5.55. The van der Waals surface area contributed by atoms with Crippen LogP contribution in [0, 0.1) is 0 Å². The molecule has 0 unspecified atom stereocenters. The maximum atomic E-state index is 5.12. The quantitative estimate of drug-likeness (QED) is 0.497. The van der Waals surface area contributed by atoms with E-state index in [2.05, 4.69) is 29.5 Å². The standard InChI is InChI=1S/C5H10N4S/c1-3(2)4-8-9-5(7-6)10-4/h3H,6H2,1-2H3,(H,7,9). The summed E-state index contributed by atoms with van der Waals surface area (Å²) in [6.45, 7) is 4.14. The second-order valence-corrected chi connectivity index (χ2v) is 3.25. The van der Waals surface area contributed by atoms with Gasteiger partial charge in [-0.05, 0) is 0 Å². The molecule has 0 radical (unpaired) electrons. The molecule has 1 aromatic heterocycles. The zero-order valence-corrected chi connectivity index (χ0v) is 6.77.